The van der Waals surface area contributed by atoms with E-state index in [4.69, 9.17) is 0 Å². The predicted molar refractivity (Wildman–Crippen MR) is 78.7 cm³/mol. The third kappa shape index (κ3) is 4.48. The zero-order valence-corrected chi connectivity index (χ0v) is 12.4. The van der Waals surface area contributed by atoms with Gasteiger partial charge >= 0.3 is 0 Å². The molecule has 1 nitrogen and oxygen atoms in total. The Kier molecular flexibility index (Phi) is 5.68. The molecule has 1 N–H and O–H groups in total. The summed E-state index contributed by atoms with van der Waals surface area (Å²) in [7, 11) is 0. The molecule has 17 heavy (non-hydrogen) atoms. The van der Waals surface area contributed by atoms with Crippen LogP contribution in [0.25, 0.3) is 0 Å². The molecule has 0 amide bonds. The van der Waals surface area contributed by atoms with Gasteiger partial charge in [0.1, 0.15) is 0 Å². The van der Waals surface area contributed by atoms with Crippen molar-refractivity contribution in [3.63, 3.8) is 0 Å². The third-order valence-corrected chi connectivity index (χ3v) is 5.78. The predicted octanol–water partition coefficient (Wildman–Crippen LogP) is 4.22. The summed E-state index contributed by atoms with van der Waals surface area (Å²) in [6, 6.07) is 1.64. The minimum absolute atomic E-state index is 0.819. The first kappa shape index (κ1) is 13.7. The summed E-state index contributed by atoms with van der Waals surface area (Å²) < 4.78 is 0. The van der Waals surface area contributed by atoms with Crippen LogP contribution in [0.4, 0.5) is 0 Å². The first-order valence-electron chi connectivity index (χ1n) is 7.56. The Morgan fingerprint density at radius 2 is 1.65 bits per heavy atom. The van der Waals surface area contributed by atoms with E-state index in [0.29, 0.717) is 0 Å². The van der Waals surface area contributed by atoms with Gasteiger partial charge in [0, 0.05) is 17.3 Å². The summed E-state index contributed by atoms with van der Waals surface area (Å²) in [5.41, 5.74) is 0. The quantitative estimate of drug-likeness (QED) is 0.758. The van der Waals surface area contributed by atoms with Crippen LogP contribution in [0, 0.1) is 5.92 Å². The van der Waals surface area contributed by atoms with Crippen LogP contribution in [0.5, 0.6) is 0 Å². The molecular formula is C15H29NS. The summed E-state index contributed by atoms with van der Waals surface area (Å²) in [4.78, 5) is 0. The normalized spacial score (nSPS) is 39.9. The molecule has 0 radical (unpaired) electrons. The van der Waals surface area contributed by atoms with E-state index in [-0.39, 0.29) is 0 Å². The van der Waals surface area contributed by atoms with E-state index in [0.717, 1.165) is 23.3 Å². The maximum absolute atomic E-state index is 3.97. The Balaban J connectivity index is 1.75. The van der Waals surface area contributed by atoms with Gasteiger partial charge in [-0.05, 0) is 50.7 Å². The zero-order chi connectivity index (χ0) is 12.1. The van der Waals surface area contributed by atoms with Crippen LogP contribution in [-0.2, 0) is 0 Å². The van der Waals surface area contributed by atoms with Gasteiger partial charge in [-0.2, -0.15) is 11.8 Å². The molecule has 0 bridgehead atoms. The monoisotopic (exact) mass is 255 g/mol. The molecule has 2 aliphatic rings. The van der Waals surface area contributed by atoms with E-state index in [1.807, 2.05) is 0 Å². The molecule has 0 saturated heterocycles. The fourth-order valence-corrected chi connectivity index (χ4v) is 4.32. The highest BCUT2D eigenvalue weighted by molar-refractivity contribution is 7.99. The van der Waals surface area contributed by atoms with E-state index in [9.17, 15) is 0 Å². The zero-order valence-electron chi connectivity index (χ0n) is 11.6. The Morgan fingerprint density at radius 1 is 0.882 bits per heavy atom. The Morgan fingerprint density at radius 3 is 2.47 bits per heavy atom. The second kappa shape index (κ2) is 7.04. The van der Waals surface area contributed by atoms with Crippen LogP contribution in [0.2, 0.25) is 0 Å². The van der Waals surface area contributed by atoms with Crippen molar-refractivity contribution in [2.24, 2.45) is 5.92 Å². The highest BCUT2D eigenvalue weighted by atomic mass is 32.2. The highest BCUT2D eigenvalue weighted by Crippen LogP contribution is 2.29. The molecular weight excluding hydrogens is 226 g/mol. The molecule has 4 unspecified atom stereocenters. The molecule has 0 spiro atoms. The lowest BCUT2D eigenvalue weighted by Gasteiger charge is -2.32. The molecule has 100 valence electrons. The number of nitrogens with one attached hydrogen (secondary N) is 1. The molecule has 2 aliphatic carbocycles. The Hall–Kier alpha value is 0.310. The summed E-state index contributed by atoms with van der Waals surface area (Å²) in [6.45, 7) is 2.42. The molecule has 0 aromatic heterocycles. The van der Waals surface area contributed by atoms with Crippen molar-refractivity contribution in [1.29, 1.82) is 0 Å². The Labute approximate surface area is 112 Å². The van der Waals surface area contributed by atoms with Gasteiger partial charge < -0.3 is 5.32 Å². The first-order chi connectivity index (χ1) is 8.28. The van der Waals surface area contributed by atoms with Crippen molar-refractivity contribution in [3.05, 3.63) is 0 Å². The molecule has 2 saturated carbocycles. The van der Waals surface area contributed by atoms with Crippen molar-refractivity contribution >= 4 is 11.8 Å². The minimum Gasteiger partial charge on any atom is -0.311 e. The Bertz CT molecular complexity index is 219. The van der Waals surface area contributed by atoms with Gasteiger partial charge in [0.2, 0.25) is 0 Å². The van der Waals surface area contributed by atoms with Crippen molar-refractivity contribution < 1.29 is 0 Å². The molecule has 2 heteroatoms. The SMILES string of the molecule is CSC1CCCC(NC2CCCC(C)CC2)C1. The maximum atomic E-state index is 3.97. The molecule has 0 aromatic rings. The second-order valence-corrected chi connectivity index (χ2v) is 7.34. The van der Waals surface area contributed by atoms with Crippen molar-refractivity contribution in [1.82, 2.24) is 5.32 Å². The van der Waals surface area contributed by atoms with Crippen LogP contribution in [0.3, 0.4) is 0 Å². The average Bonchev–Trinajstić information content (AvgIpc) is 2.55. The largest absolute Gasteiger partial charge is 0.311 e. The summed E-state index contributed by atoms with van der Waals surface area (Å²) >= 11 is 2.08. The molecule has 2 fully saturated rings. The van der Waals surface area contributed by atoms with Gasteiger partial charge in [0.15, 0.2) is 0 Å². The highest BCUT2D eigenvalue weighted by Gasteiger charge is 2.24. The van der Waals surface area contributed by atoms with Crippen molar-refractivity contribution in [2.75, 3.05) is 6.26 Å². The van der Waals surface area contributed by atoms with Gasteiger partial charge in [-0.15, -0.1) is 0 Å². The lowest BCUT2D eigenvalue weighted by atomic mass is 9.93. The van der Waals surface area contributed by atoms with Crippen LogP contribution in [0.1, 0.15) is 64.7 Å². The number of rotatable bonds is 3. The lowest BCUT2D eigenvalue weighted by Crippen LogP contribution is -2.41. The van der Waals surface area contributed by atoms with Crippen LogP contribution in [0.15, 0.2) is 0 Å². The van der Waals surface area contributed by atoms with Gasteiger partial charge in [0.25, 0.3) is 0 Å². The minimum atomic E-state index is 0.819. The fraction of sp³-hybridized carbons (Fsp3) is 1.00. The first-order valence-corrected chi connectivity index (χ1v) is 8.85. The van der Waals surface area contributed by atoms with Gasteiger partial charge in [-0.3, -0.25) is 0 Å². The standard InChI is InChI=1S/C15H29NS/c1-12-5-3-6-13(10-9-12)16-14-7-4-8-15(11-14)17-2/h12-16H,3-11H2,1-2H3. The van der Waals surface area contributed by atoms with Crippen LogP contribution < -0.4 is 5.32 Å². The van der Waals surface area contributed by atoms with Crippen LogP contribution in [-0.4, -0.2) is 23.6 Å². The van der Waals surface area contributed by atoms with Crippen molar-refractivity contribution in [2.45, 2.75) is 82.0 Å². The van der Waals surface area contributed by atoms with Crippen molar-refractivity contribution in [3.8, 4) is 0 Å². The summed E-state index contributed by atoms with van der Waals surface area (Å²) in [5, 5.41) is 4.89. The number of hydrogen-bond donors (Lipinski definition) is 1. The van der Waals surface area contributed by atoms with Gasteiger partial charge in [-0.1, -0.05) is 26.2 Å². The summed E-state index contributed by atoms with van der Waals surface area (Å²) in [5.74, 6) is 0.965. The molecule has 0 heterocycles. The van der Waals surface area contributed by atoms with E-state index >= 15 is 0 Å². The lowest BCUT2D eigenvalue weighted by molar-refractivity contribution is 0.323. The van der Waals surface area contributed by atoms with E-state index in [1.54, 1.807) is 0 Å². The van der Waals surface area contributed by atoms with E-state index in [1.165, 1.54) is 57.8 Å². The maximum Gasteiger partial charge on any atom is 0.00801 e. The topological polar surface area (TPSA) is 12.0 Å². The molecule has 0 aromatic carbocycles. The molecule has 4 atom stereocenters. The van der Waals surface area contributed by atoms with Crippen LogP contribution >= 0.6 is 11.8 Å². The van der Waals surface area contributed by atoms with E-state index < -0.39 is 0 Å². The number of hydrogen-bond acceptors (Lipinski definition) is 2. The third-order valence-electron chi connectivity index (χ3n) is 4.69. The number of thioether (sulfide) groups is 1. The molecule has 0 aliphatic heterocycles. The summed E-state index contributed by atoms with van der Waals surface area (Å²) in [6.07, 6.45) is 15.2. The van der Waals surface area contributed by atoms with Gasteiger partial charge in [0.05, 0.1) is 0 Å². The molecule has 2 rings (SSSR count). The van der Waals surface area contributed by atoms with Gasteiger partial charge in [-0.25, -0.2) is 0 Å². The van der Waals surface area contributed by atoms with E-state index in [2.05, 4.69) is 30.3 Å². The average molecular weight is 255 g/mol. The fourth-order valence-electron chi connectivity index (χ4n) is 3.50. The smallest absolute Gasteiger partial charge is 0.00801 e. The second-order valence-electron chi connectivity index (χ2n) is 6.20.